The van der Waals surface area contributed by atoms with Crippen molar-refractivity contribution in [2.45, 2.75) is 0 Å². The van der Waals surface area contributed by atoms with Crippen LogP contribution in [0.2, 0.25) is 0 Å². The van der Waals surface area contributed by atoms with E-state index in [2.05, 4.69) is 5.73 Å². The lowest BCUT2D eigenvalue weighted by Gasteiger charge is -2.03. The second-order valence-electron chi connectivity index (χ2n) is 2.45. The van der Waals surface area contributed by atoms with E-state index in [1.54, 1.807) is 5.32 Å². The standard InChI is InChI=1S/C8H7FN2O3/c9-4-2-1-3-5(12)6(4)7(13)11-8(10)14/h1-3,12H,(H3,10,11,13,14). The number of primary amides is 1. The summed E-state index contributed by atoms with van der Waals surface area (Å²) in [6.07, 6.45) is 0. The fourth-order valence-corrected chi connectivity index (χ4v) is 0.912. The molecule has 0 heterocycles. The van der Waals surface area contributed by atoms with E-state index in [1.165, 1.54) is 6.07 Å². The van der Waals surface area contributed by atoms with Gasteiger partial charge < -0.3 is 10.8 Å². The molecule has 14 heavy (non-hydrogen) atoms. The van der Waals surface area contributed by atoms with E-state index in [9.17, 15) is 14.0 Å². The lowest BCUT2D eigenvalue weighted by atomic mass is 10.2. The molecule has 0 atom stereocenters. The van der Waals surface area contributed by atoms with Crippen LogP contribution in [0.1, 0.15) is 10.4 Å². The summed E-state index contributed by atoms with van der Waals surface area (Å²) in [4.78, 5) is 21.4. The Morgan fingerprint density at radius 1 is 1.43 bits per heavy atom. The molecular formula is C8H7FN2O3. The van der Waals surface area contributed by atoms with Gasteiger partial charge in [0.15, 0.2) is 0 Å². The molecule has 4 N–H and O–H groups in total. The van der Waals surface area contributed by atoms with Gasteiger partial charge in [-0.15, -0.1) is 0 Å². The largest absolute Gasteiger partial charge is 0.507 e. The summed E-state index contributed by atoms with van der Waals surface area (Å²) in [5, 5.41) is 10.8. The number of halogens is 1. The third-order valence-corrected chi connectivity index (χ3v) is 1.46. The molecule has 0 bridgehead atoms. The van der Waals surface area contributed by atoms with Crippen molar-refractivity contribution in [1.29, 1.82) is 0 Å². The van der Waals surface area contributed by atoms with E-state index in [4.69, 9.17) is 5.11 Å². The average molecular weight is 198 g/mol. The van der Waals surface area contributed by atoms with Gasteiger partial charge in [-0.05, 0) is 12.1 Å². The zero-order valence-electron chi connectivity index (χ0n) is 6.95. The zero-order valence-corrected chi connectivity index (χ0v) is 6.95. The van der Waals surface area contributed by atoms with Crippen LogP contribution in [0.25, 0.3) is 0 Å². The molecule has 0 radical (unpaired) electrons. The highest BCUT2D eigenvalue weighted by atomic mass is 19.1. The Labute approximate surface area is 78.3 Å². The van der Waals surface area contributed by atoms with E-state index in [0.29, 0.717) is 0 Å². The zero-order chi connectivity index (χ0) is 10.7. The minimum Gasteiger partial charge on any atom is -0.507 e. The van der Waals surface area contributed by atoms with Gasteiger partial charge in [-0.25, -0.2) is 9.18 Å². The molecule has 0 spiro atoms. The summed E-state index contributed by atoms with van der Waals surface area (Å²) in [6.45, 7) is 0. The Morgan fingerprint density at radius 2 is 2.07 bits per heavy atom. The van der Waals surface area contributed by atoms with E-state index >= 15 is 0 Å². The van der Waals surface area contributed by atoms with Gasteiger partial charge in [-0.3, -0.25) is 10.1 Å². The van der Waals surface area contributed by atoms with E-state index < -0.39 is 29.1 Å². The summed E-state index contributed by atoms with van der Waals surface area (Å²) >= 11 is 0. The highest BCUT2D eigenvalue weighted by Gasteiger charge is 2.17. The molecule has 0 unspecified atom stereocenters. The first-order chi connectivity index (χ1) is 6.52. The van der Waals surface area contributed by atoms with E-state index in [-0.39, 0.29) is 0 Å². The monoisotopic (exact) mass is 198 g/mol. The maximum absolute atomic E-state index is 13.0. The highest BCUT2D eigenvalue weighted by molar-refractivity contribution is 6.05. The van der Waals surface area contributed by atoms with Gasteiger partial charge in [0.25, 0.3) is 5.91 Å². The highest BCUT2D eigenvalue weighted by Crippen LogP contribution is 2.19. The predicted molar refractivity (Wildman–Crippen MR) is 45.1 cm³/mol. The van der Waals surface area contributed by atoms with Crippen LogP contribution in [0.15, 0.2) is 18.2 Å². The second-order valence-corrected chi connectivity index (χ2v) is 2.45. The van der Waals surface area contributed by atoms with Crippen LogP contribution in [0.5, 0.6) is 5.75 Å². The summed E-state index contributed by atoms with van der Waals surface area (Å²) in [5.74, 6) is -2.55. The Morgan fingerprint density at radius 3 is 2.57 bits per heavy atom. The molecule has 0 aliphatic carbocycles. The lowest BCUT2D eigenvalue weighted by molar-refractivity contribution is 0.0959. The van der Waals surface area contributed by atoms with Crippen molar-refractivity contribution in [3.63, 3.8) is 0 Å². The van der Waals surface area contributed by atoms with Crippen LogP contribution >= 0.6 is 0 Å². The molecule has 0 saturated heterocycles. The summed E-state index contributed by atoms with van der Waals surface area (Å²) < 4.78 is 13.0. The minimum absolute atomic E-state index is 0.552. The third-order valence-electron chi connectivity index (χ3n) is 1.46. The Balaban J connectivity index is 3.06. The molecule has 0 saturated carbocycles. The molecule has 0 aromatic heterocycles. The number of rotatable bonds is 1. The fourth-order valence-electron chi connectivity index (χ4n) is 0.912. The number of nitrogens with two attached hydrogens (primary N) is 1. The van der Waals surface area contributed by atoms with Crippen LogP contribution in [0, 0.1) is 5.82 Å². The van der Waals surface area contributed by atoms with Gasteiger partial charge in [0.05, 0.1) is 0 Å². The maximum atomic E-state index is 13.0. The van der Waals surface area contributed by atoms with Crippen LogP contribution < -0.4 is 11.1 Å². The summed E-state index contributed by atoms with van der Waals surface area (Å²) in [7, 11) is 0. The van der Waals surface area contributed by atoms with Crippen molar-refractivity contribution in [3.05, 3.63) is 29.6 Å². The summed E-state index contributed by atoms with van der Waals surface area (Å²) in [6, 6.07) is 2.22. The van der Waals surface area contributed by atoms with Crippen molar-refractivity contribution in [3.8, 4) is 5.75 Å². The third kappa shape index (κ3) is 1.98. The smallest absolute Gasteiger partial charge is 0.319 e. The number of carbonyl (C=O) groups is 2. The molecule has 6 heteroatoms. The SMILES string of the molecule is NC(=O)NC(=O)c1c(O)cccc1F. The van der Waals surface area contributed by atoms with Gasteiger partial charge >= 0.3 is 6.03 Å². The average Bonchev–Trinajstić information content (AvgIpc) is 2.01. The number of phenolic OH excluding ortho intramolecular Hbond substituents is 1. The molecule has 3 amide bonds. The number of benzene rings is 1. The van der Waals surface area contributed by atoms with Crippen molar-refractivity contribution in [2.24, 2.45) is 5.73 Å². The van der Waals surface area contributed by atoms with Crippen LogP contribution in [0.4, 0.5) is 9.18 Å². The molecule has 1 aromatic rings. The Hall–Kier alpha value is -2.11. The normalized spacial score (nSPS) is 9.50. The first kappa shape index (κ1) is 9.97. The van der Waals surface area contributed by atoms with Gasteiger partial charge in [-0.2, -0.15) is 0 Å². The van der Waals surface area contributed by atoms with E-state index in [1.807, 2.05) is 0 Å². The van der Waals surface area contributed by atoms with Crippen molar-refractivity contribution in [2.75, 3.05) is 0 Å². The second kappa shape index (κ2) is 3.73. The topological polar surface area (TPSA) is 92.4 Å². The number of nitrogens with one attached hydrogen (secondary N) is 1. The molecule has 0 fully saturated rings. The number of hydrogen-bond donors (Lipinski definition) is 3. The molecule has 5 nitrogen and oxygen atoms in total. The first-order valence-corrected chi connectivity index (χ1v) is 3.60. The van der Waals surface area contributed by atoms with Crippen LogP contribution in [-0.2, 0) is 0 Å². The van der Waals surface area contributed by atoms with Crippen molar-refractivity contribution < 1.29 is 19.1 Å². The van der Waals surface area contributed by atoms with Crippen LogP contribution in [-0.4, -0.2) is 17.0 Å². The minimum atomic E-state index is -1.11. The number of urea groups is 1. The quantitative estimate of drug-likeness (QED) is 0.607. The lowest BCUT2D eigenvalue weighted by Crippen LogP contribution is -2.35. The number of phenols is 1. The Kier molecular flexibility index (Phi) is 2.66. The molecule has 0 aliphatic heterocycles. The number of imide groups is 1. The van der Waals surface area contributed by atoms with E-state index in [0.717, 1.165) is 12.1 Å². The van der Waals surface area contributed by atoms with Gasteiger partial charge in [0.2, 0.25) is 0 Å². The fraction of sp³-hybridized carbons (Fsp3) is 0. The molecule has 1 rings (SSSR count). The number of carbonyl (C=O) groups excluding carboxylic acids is 2. The predicted octanol–water partition coefficient (Wildman–Crippen LogP) is 0.340. The molecule has 1 aromatic carbocycles. The molecular weight excluding hydrogens is 191 g/mol. The molecule has 0 aliphatic rings. The van der Waals surface area contributed by atoms with Gasteiger partial charge in [0.1, 0.15) is 17.1 Å². The maximum Gasteiger partial charge on any atom is 0.319 e. The van der Waals surface area contributed by atoms with Crippen molar-refractivity contribution in [1.82, 2.24) is 5.32 Å². The van der Waals surface area contributed by atoms with Gasteiger partial charge in [0, 0.05) is 0 Å². The number of amides is 3. The summed E-state index contributed by atoms with van der Waals surface area (Å²) in [5.41, 5.74) is 4.05. The Bertz CT molecular complexity index is 372. The van der Waals surface area contributed by atoms with Crippen LogP contribution in [0.3, 0.4) is 0 Å². The van der Waals surface area contributed by atoms with Crippen molar-refractivity contribution >= 4 is 11.9 Å². The molecule has 74 valence electrons. The van der Waals surface area contributed by atoms with Gasteiger partial charge in [-0.1, -0.05) is 6.07 Å². The number of hydrogen-bond acceptors (Lipinski definition) is 3. The first-order valence-electron chi connectivity index (χ1n) is 3.60. The number of aromatic hydroxyl groups is 1.